The van der Waals surface area contributed by atoms with Crippen LogP contribution in [0.3, 0.4) is 0 Å². The maximum atomic E-state index is 11.6. The van der Waals surface area contributed by atoms with Crippen molar-refractivity contribution in [2.24, 2.45) is 10.9 Å². The summed E-state index contributed by atoms with van der Waals surface area (Å²) in [7, 11) is -3.06. The van der Waals surface area contributed by atoms with Crippen molar-refractivity contribution in [2.45, 2.75) is 26.3 Å². The molecule has 2 N–H and O–H groups in total. The topological polar surface area (TPSA) is 73.8 Å². The predicted molar refractivity (Wildman–Crippen MR) is 119 cm³/mol. The number of benzene rings is 1. The summed E-state index contributed by atoms with van der Waals surface area (Å²) in [5.41, 5.74) is 1.10. The van der Waals surface area contributed by atoms with Crippen LogP contribution in [0.15, 0.2) is 29.3 Å². The van der Waals surface area contributed by atoms with Crippen LogP contribution in [0, 0.1) is 5.92 Å². The Hall–Kier alpha value is -0.580. The molecule has 9 heteroatoms. The average Bonchev–Trinajstić information content (AvgIpc) is 2.58. The standard InChI is InChI=1S/C17H27ClN4O2S.HI/c1-3-19-17(20-12-14-4-6-16(18)7-5-14)21-13-15-8-10-22(11-9-15)25(2,23)24;/h4-7,15H,3,8-13H2,1-2H3,(H2,19,20,21);1H. The molecule has 26 heavy (non-hydrogen) atoms. The zero-order valence-corrected chi connectivity index (χ0v) is 19.1. The van der Waals surface area contributed by atoms with Gasteiger partial charge in [-0.2, -0.15) is 0 Å². The van der Waals surface area contributed by atoms with E-state index in [9.17, 15) is 8.42 Å². The molecule has 1 heterocycles. The van der Waals surface area contributed by atoms with Crippen molar-refractivity contribution in [3.63, 3.8) is 0 Å². The van der Waals surface area contributed by atoms with Gasteiger partial charge in [0.15, 0.2) is 5.96 Å². The normalized spacial score (nSPS) is 16.8. The number of aliphatic imine (C=N–C) groups is 1. The molecular formula is C17H28ClIN4O2S. The van der Waals surface area contributed by atoms with Crippen molar-refractivity contribution in [1.82, 2.24) is 14.9 Å². The number of halogens is 2. The van der Waals surface area contributed by atoms with Gasteiger partial charge < -0.3 is 10.6 Å². The number of rotatable bonds is 6. The fraction of sp³-hybridized carbons (Fsp3) is 0.588. The summed E-state index contributed by atoms with van der Waals surface area (Å²) in [5.74, 6) is 1.24. The highest BCUT2D eigenvalue weighted by atomic mass is 127. The summed E-state index contributed by atoms with van der Waals surface area (Å²) < 4.78 is 24.7. The first-order chi connectivity index (χ1) is 11.9. The van der Waals surface area contributed by atoms with Gasteiger partial charge in [0.05, 0.1) is 12.8 Å². The number of piperidine rings is 1. The smallest absolute Gasteiger partial charge is 0.211 e. The summed E-state index contributed by atoms with van der Waals surface area (Å²) in [5, 5.41) is 7.33. The van der Waals surface area contributed by atoms with Crippen LogP contribution in [-0.4, -0.2) is 51.1 Å². The molecule has 1 aromatic rings. The molecule has 1 saturated heterocycles. The summed E-state index contributed by atoms with van der Waals surface area (Å²) in [6.45, 7) is 5.40. The van der Waals surface area contributed by atoms with E-state index in [0.29, 0.717) is 25.6 Å². The highest BCUT2D eigenvalue weighted by Gasteiger charge is 2.24. The number of sulfonamides is 1. The number of hydrogen-bond donors (Lipinski definition) is 2. The fourth-order valence-electron chi connectivity index (χ4n) is 2.79. The Labute approximate surface area is 178 Å². The maximum Gasteiger partial charge on any atom is 0.211 e. The first-order valence-electron chi connectivity index (χ1n) is 8.60. The van der Waals surface area contributed by atoms with Gasteiger partial charge in [0, 0.05) is 31.2 Å². The summed E-state index contributed by atoms with van der Waals surface area (Å²) in [4.78, 5) is 4.60. The first kappa shape index (κ1) is 23.5. The second-order valence-electron chi connectivity index (χ2n) is 6.31. The Morgan fingerprint density at radius 1 is 1.23 bits per heavy atom. The van der Waals surface area contributed by atoms with Crippen molar-refractivity contribution < 1.29 is 8.42 Å². The van der Waals surface area contributed by atoms with Crippen LogP contribution in [0.5, 0.6) is 0 Å². The third-order valence-electron chi connectivity index (χ3n) is 4.28. The third-order valence-corrected chi connectivity index (χ3v) is 5.83. The highest BCUT2D eigenvalue weighted by Crippen LogP contribution is 2.18. The maximum absolute atomic E-state index is 11.6. The Morgan fingerprint density at radius 3 is 2.38 bits per heavy atom. The molecule has 0 amide bonds. The summed E-state index contributed by atoms with van der Waals surface area (Å²) in [6.07, 6.45) is 3.02. The lowest BCUT2D eigenvalue weighted by molar-refractivity contribution is 0.275. The Bertz CT molecular complexity index is 675. The first-order valence-corrected chi connectivity index (χ1v) is 10.8. The molecule has 0 atom stereocenters. The van der Waals surface area contributed by atoms with E-state index < -0.39 is 10.0 Å². The SMILES string of the molecule is CCNC(=NCc1ccc(Cl)cc1)NCC1CCN(S(C)(=O)=O)CC1.I. The molecule has 0 spiro atoms. The van der Waals surface area contributed by atoms with E-state index in [0.717, 1.165) is 42.5 Å². The van der Waals surface area contributed by atoms with E-state index in [2.05, 4.69) is 15.6 Å². The van der Waals surface area contributed by atoms with E-state index in [1.54, 1.807) is 4.31 Å². The van der Waals surface area contributed by atoms with Crippen LogP contribution in [-0.2, 0) is 16.6 Å². The van der Waals surface area contributed by atoms with Crippen LogP contribution >= 0.6 is 35.6 Å². The number of guanidine groups is 1. The molecule has 6 nitrogen and oxygen atoms in total. The third kappa shape index (κ3) is 7.98. The molecule has 1 aliphatic heterocycles. The van der Waals surface area contributed by atoms with Gasteiger partial charge in [0.25, 0.3) is 0 Å². The monoisotopic (exact) mass is 514 g/mol. The molecule has 0 aliphatic carbocycles. The van der Waals surface area contributed by atoms with Gasteiger partial charge in [-0.1, -0.05) is 23.7 Å². The van der Waals surface area contributed by atoms with Crippen LogP contribution in [0.25, 0.3) is 0 Å². The molecule has 0 unspecified atom stereocenters. The minimum atomic E-state index is -3.06. The predicted octanol–water partition coefficient (Wildman–Crippen LogP) is 2.68. The quantitative estimate of drug-likeness (QED) is 0.348. The lowest BCUT2D eigenvalue weighted by Gasteiger charge is -2.30. The Balaban J connectivity index is 0.00000338. The van der Waals surface area contributed by atoms with Crippen molar-refractivity contribution in [2.75, 3.05) is 32.4 Å². The lowest BCUT2D eigenvalue weighted by atomic mass is 9.98. The zero-order valence-electron chi connectivity index (χ0n) is 15.2. The van der Waals surface area contributed by atoms with Crippen LogP contribution < -0.4 is 10.6 Å². The van der Waals surface area contributed by atoms with E-state index in [1.165, 1.54) is 6.26 Å². The number of nitrogens with one attached hydrogen (secondary N) is 2. The molecule has 0 bridgehead atoms. The van der Waals surface area contributed by atoms with Crippen LogP contribution in [0.1, 0.15) is 25.3 Å². The fourth-order valence-corrected chi connectivity index (χ4v) is 3.79. The van der Waals surface area contributed by atoms with E-state index in [1.807, 2.05) is 31.2 Å². The molecular weight excluding hydrogens is 487 g/mol. The second-order valence-corrected chi connectivity index (χ2v) is 8.73. The molecule has 1 aliphatic rings. The largest absolute Gasteiger partial charge is 0.357 e. The Kier molecular flexibility index (Phi) is 10.2. The van der Waals surface area contributed by atoms with Crippen LogP contribution in [0.4, 0.5) is 0 Å². The average molecular weight is 515 g/mol. The molecule has 1 aromatic carbocycles. The number of hydrogen-bond acceptors (Lipinski definition) is 3. The van der Waals surface area contributed by atoms with Crippen molar-refractivity contribution in [3.05, 3.63) is 34.9 Å². The van der Waals surface area contributed by atoms with Crippen LogP contribution in [0.2, 0.25) is 5.02 Å². The van der Waals surface area contributed by atoms with Gasteiger partial charge in [-0.3, -0.25) is 0 Å². The molecule has 1 fully saturated rings. The molecule has 0 radical (unpaired) electrons. The minimum Gasteiger partial charge on any atom is -0.357 e. The van der Waals surface area contributed by atoms with Gasteiger partial charge in [0.2, 0.25) is 10.0 Å². The van der Waals surface area contributed by atoms with Gasteiger partial charge in [0.1, 0.15) is 0 Å². The molecule has 148 valence electrons. The molecule has 0 aromatic heterocycles. The molecule has 0 saturated carbocycles. The Morgan fingerprint density at radius 2 is 1.85 bits per heavy atom. The van der Waals surface area contributed by atoms with Crippen molar-refractivity contribution in [3.8, 4) is 0 Å². The lowest BCUT2D eigenvalue weighted by Crippen LogP contribution is -2.44. The summed E-state index contributed by atoms with van der Waals surface area (Å²) >= 11 is 5.90. The van der Waals surface area contributed by atoms with Gasteiger partial charge >= 0.3 is 0 Å². The molecule has 2 rings (SSSR count). The minimum absolute atomic E-state index is 0. The zero-order chi connectivity index (χ0) is 18.3. The van der Waals surface area contributed by atoms with E-state index in [4.69, 9.17) is 11.6 Å². The van der Waals surface area contributed by atoms with E-state index >= 15 is 0 Å². The summed E-state index contributed by atoms with van der Waals surface area (Å²) in [6, 6.07) is 7.66. The van der Waals surface area contributed by atoms with Crippen molar-refractivity contribution in [1.29, 1.82) is 0 Å². The van der Waals surface area contributed by atoms with Gasteiger partial charge in [-0.05, 0) is 43.4 Å². The number of nitrogens with zero attached hydrogens (tertiary/aromatic N) is 2. The highest BCUT2D eigenvalue weighted by molar-refractivity contribution is 14.0. The van der Waals surface area contributed by atoms with Gasteiger partial charge in [-0.25, -0.2) is 17.7 Å². The van der Waals surface area contributed by atoms with Crippen molar-refractivity contribution >= 4 is 51.6 Å². The second kappa shape index (κ2) is 11.3. The van der Waals surface area contributed by atoms with Gasteiger partial charge in [-0.15, -0.1) is 24.0 Å². The van der Waals surface area contributed by atoms with E-state index in [-0.39, 0.29) is 24.0 Å².